The normalized spacial score (nSPS) is 15.6. The zero-order valence-corrected chi connectivity index (χ0v) is 18.3. The summed E-state index contributed by atoms with van der Waals surface area (Å²) in [6.45, 7) is 4.69. The molecule has 0 aliphatic carbocycles. The molecule has 3 amide bonds. The summed E-state index contributed by atoms with van der Waals surface area (Å²) in [5, 5.41) is 2.94. The molecule has 0 radical (unpaired) electrons. The number of rotatable bonds is 11. The van der Waals surface area contributed by atoms with Gasteiger partial charge in [0.15, 0.2) is 0 Å². The second kappa shape index (κ2) is 12.2. The summed E-state index contributed by atoms with van der Waals surface area (Å²) in [6, 6.07) is 13.2. The Morgan fingerprint density at radius 2 is 1.97 bits per heavy atom. The molecule has 1 N–H and O–H groups in total. The average molecular weight is 428 g/mol. The molecule has 168 valence electrons. The third kappa shape index (κ3) is 7.43. The average Bonchev–Trinajstić information content (AvgIpc) is 3.49. The van der Waals surface area contributed by atoms with Crippen LogP contribution in [-0.4, -0.2) is 54.1 Å². The Kier molecular flexibility index (Phi) is 8.97. The third-order valence-corrected chi connectivity index (χ3v) is 5.41. The number of nitrogens with zero attached hydrogens (tertiary/aromatic N) is 2. The van der Waals surface area contributed by atoms with E-state index in [4.69, 9.17) is 9.15 Å². The molecule has 2 aromatic rings. The van der Waals surface area contributed by atoms with Crippen molar-refractivity contribution in [1.82, 2.24) is 15.1 Å². The van der Waals surface area contributed by atoms with Crippen molar-refractivity contribution in [2.75, 3.05) is 26.2 Å². The Labute approximate surface area is 184 Å². The lowest BCUT2D eigenvalue weighted by Gasteiger charge is -2.29. The number of unbranched alkanes of at least 4 members (excludes halogenated alkanes) is 1. The van der Waals surface area contributed by atoms with Crippen LogP contribution in [0.25, 0.3) is 0 Å². The quantitative estimate of drug-likeness (QED) is 0.592. The van der Waals surface area contributed by atoms with Crippen LogP contribution in [0.3, 0.4) is 0 Å². The largest absolute Gasteiger partial charge is 0.467 e. The Hall–Kier alpha value is -2.80. The van der Waals surface area contributed by atoms with Crippen molar-refractivity contribution in [2.24, 2.45) is 0 Å². The van der Waals surface area contributed by atoms with E-state index in [1.807, 2.05) is 42.5 Å². The highest BCUT2D eigenvalue weighted by Crippen LogP contribution is 2.16. The minimum Gasteiger partial charge on any atom is -0.467 e. The predicted octanol–water partition coefficient (Wildman–Crippen LogP) is 3.80. The molecule has 3 rings (SSSR count). The smallest absolute Gasteiger partial charge is 0.318 e. The van der Waals surface area contributed by atoms with Gasteiger partial charge >= 0.3 is 6.03 Å². The van der Waals surface area contributed by atoms with Gasteiger partial charge in [0.05, 0.1) is 18.9 Å². The van der Waals surface area contributed by atoms with E-state index in [9.17, 15) is 9.59 Å². The fraction of sp³-hybridized carbons (Fsp3) is 0.500. The van der Waals surface area contributed by atoms with E-state index in [2.05, 4.69) is 12.2 Å². The monoisotopic (exact) mass is 427 g/mol. The van der Waals surface area contributed by atoms with E-state index in [0.717, 1.165) is 43.6 Å². The molecule has 1 aliphatic rings. The van der Waals surface area contributed by atoms with Crippen molar-refractivity contribution in [1.29, 1.82) is 0 Å². The first-order chi connectivity index (χ1) is 15.2. The summed E-state index contributed by atoms with van der Waals surface area (Å²) in [6.07, 6.45) is 5.39. The van der Waals surface area contributed by atoms with Gasteiger partial charge in [-0.1, -0.05) is 43.7 Å². The van der Waals surface area contributed by atoms with Crippen LogP contribution in [-0.2, 0) is 22.6 Å². The molecule has 0 saturated carbocycles. The van der Waals surface area contributed by atoms with Crippen LogP contribution in [0.1, 0.15) is 43.9 Å². The van der Waals surface area contributed by atoms with E-state index in [1.54, 1.807) is 16.1 Å². The van der Waals surface area contributed by atoms with Gasteiger partial charge in [0, 0.05) is 26.2 Å². The maximum atomic E-state index is 13.2. The number of carbonyl (C=O) groups excluding carboxylic acids is 2. The summed E-state index contributed by atoms with van der Waals surface area (Å²) in [4.78, 5) is 29.4. The Balaban J connectivity index is 1.62. The zero-order valence-electron chi connectivity index (χ0n) is 18.3. The Bertz CT molecular complexity index is 788. The van der Waals surface area contributed by atoms with Gasteiger partial charge in [-0.15, -0.1) is 0 Å². The van der Waals surface area contributed by atoms with E-state index in [1.165, 1.54) is 0 Å². The highest BCUT2D eigenvalue weighted by Gasteiger charge is 2.26. The molecule has 31 heavy (non-hydrogen) atoms. The molecule has 0 spiro atoms. The number of hydrogen-bond acceptors (Lipinski definition) is 4. The second-order valence-electron chi connectivity index (χ2n) is 7.91. The summed E-state index contributed by atoms with van der Waals surface area (Å²) >= 11 is 0. The molecule has 1 aromatic heterocycles. The first-order valence-electron chi connectivity index (χ1n) is 11.1. The molecule has 2 heterocycles. The number of urea groups is 1. The SMILES string of the molecule is CCCCN(CC(=O)N(Cc1ccco1)C[C@@H]1CCCO1)C(=O)NCc1ccccc1. The highest BCUT2D eigenvalue weighted by molar-refractivity contribution is 5.84. The second-order valence-corrected chi connectivity index (χ2v) is 7.91. The van der Waals surface area contributed by atoms with Crippen molar-refractivity contribution in [3.63, 3.8) is 0 Å². The van der Waals surface area contributed by atoms with Crippen molar-refractivity contribution in [3.8, 4) is 0 Å². The van der Waals surface area contributed by atoms with Crippen molar-refractivity contribution in [2.45, 2.75) is 51.8 Å². The van der Waals surface area contributed by atoms with Gasteiger partial charge in [-0.3, -0.25) is 4.79 Å². The topological polar surface area (TPSA) is 75.0 Å². The van der Waals surface area contributed by atoms with E-state index in [0.29, 0.717) is 26.2 Å². The lowest BCUT2D eigenvalue weighted by molar-refractivity contribution is -0.134. The van der Waals surface area contributed by atoms with Crippen LogP contribution in [0, 0.1) is 0 Å². The van der Waals surface area contributed by atoms with Crippen LogP contribution in [0.4, 0.5) is 4.79 Å². The number of furan rings is 1. The number of amides is 3. The lowest BCUT2D eigenvalue weighted by Crippen LogP contribution is -2.48. The van der Waals surface area contributed by atoms with Gasteiger partial charge in [0.25, 0.3) is 0 Å². The molecular formula is C24H33N3O4. The van der Waals surface area contributed by atoms with Gasteiger partial charge in [0.1, 0.15) is 12.3 Å². The minimum absolute atomic E-state index is 0.0358. The van der Waals surface area contributed by atoms with E-state index < -0.39 is 0 Å². The van der Waals surface area contributed by atoms with Crippen molar-refractivity contribution < 1.29 is 18.7 Å². The Morgan fingerprint density at radius 3 is 2.65 bits per heavy atom. The summed E-state index contributed by atoms with van der Waals surface area (Å²) in [5.74, 6) is 0.623. The molecule has 1 atom stereocenters. The molecular weight excluding hydrogens is 394 g/mol. The number of hydrogen-bond donors (Lipinski definition) is 1. The van der Waals surface area contributed by atoms with Gasteiger partial charge in [-0.25, -0.2) is 4.79 Å². The number of ether oxygens (including phenoxy) is 1. The van der Waals surface area contributed by atoms with Gasteiger partial charge in [-0.05, 0) is 37.0 Å². The fourth-order valence-electron chi connectivity index (χ4n) is 3.63. The summed E-state index contributed by atoms with van der Waals surface area (Å²) < 4.78 is 11.2. The van der Waals surface area contributed by atoms with Crippen molar-refractivity contribution in [3.05, 3.63) is 60.1 Å². The molecule has 1 fully saturated rings. The maximum absolute atomic E-state index is 13.2. The van der Waals surface area contributed by atoms with Gasteiger partial charge in [-0.2, -0.15) is 0 Å². The maximum Gasteiger partial charge on any atom is 0.318 e. The van der Waals surface area contributed by atoms with Gasteiger partial charge in [0.2, 0.25) is 5.91 Å². The van der Waals surface area contributed by atoms with Crippen LogP contribution < -0.4 is 5.32 Å². The van der Waals surface area contributed by atoms with Crippen LogP contribution >= 0.6 is 0 Å². The summed E-state index contributed by atoms with van der Waals surface area (Å²) in [7, 11) is 0. The highest BCUT2D eigenvalue weighted by atomic mass is 16.5. The molecule has 7 heteroatoms. The van der Waals surface area contributed by atoms with E-state index in [-0.39, 0.29) is 24.6 Å². The first kappa shape index (κ1) is 22.9. The predicted molar refractivity (Wildman–Crippen MR) is 118 cm³/mol. The van der Waals surface area contributed by atoms with Crippen LogP contribution in [0.15, 0.2) is 53.1 Å². The molecule has 1 saturated heterocycles. The third-order valence-electron chi connectivity index (χ3n) is 5.41. The standard InChI is InChI=1S/C24H33N3O4/c1-2-3-13-26(24(29)25-16-20-9-5-4-6-10-20)19-23(28)27(17-21-11-7-14-30-21)18-22-12-8-15-31-22/h4-7,9-11,14,22H,2-3,8,12-13,15-19H2,1H3,(H,25,29)/t22-/m0/s1. The van der Waals surface area contributed by atoms with Crippen molar-refractivity contribution >= 4 is 11.9 Å². The zero-order chi connectivity index (χ0) is 21.9. The molecule has 1 aliphatic heterocycles. The number of carbonyl (C=O) groups is 2. The molecule has 1 aromatic carbocycles. The minimum atomic E-state index is -0.222. The van der Waals surface area contributed by atoms with Crippen LogP contribution in [0.5, 0.6) is 0 Å². The lowest BCUT2D eigenvalue weighted by atomic mass is 10.2. The molecule has 0 bridgehead atoms. The first-order valence-corrected chi connectivity index (χ1v) is 11.1. The number of benzene rings is 1. The van der Waals surface area contributed by atoms with Crippen LogP contribution in [0.2, 0.25) is 0 Å². The van der Waals surface area contributed by atoms with E-state index >= 15 is 0 Å². The molecule has 7 nitrogen and oxygen atoms in total. The molecule has 0 unspecified atom stereocenters. The fourth-order valence-corrected chi connectivity index (χ4v) is 3.63. The Morgan fingerprint density at radius 1 is 1.13 bits per heavy atom. The van der Waals surface area contributed by atoms with Gasteiger partial charge < -0.3 is 24.3 Å². The number of nitrogens with one attached hydrogen (secondary N) is 1. The summed E-state index contributed by atoms with van der Waals surface area (Å²) in [5.41, 5.74) is 1.02.